The fourth-order valence-corrected chi connectivity index (χ4v) is 1.64. The van der Waals surface area contributed by atoms with Gasteiger partial charge >= 0.3 is 0 Å². The number of benzene rings is 1. The highest BCUT2D eigenvalue weighted by molar-refractivity contribution is 5.99. The van der Waals surface area contributed by atoms with Crippen molar-refractivity contribution in [3.8, 4) is 0 Å². The van der Waals surface area contributed by atoms with Gasteiger partial charge in [-0.3, -0.25) is 9.78 Å². The van der Waals surface area contributed by atoms with Gasteiger partial charge in [0.25, 0.3) is 0 Å². The van der Waals surface area contributed by atoms with Crippen LogP contribution in [0.1, 0.15) is 22.8 Å². The minimum absolute atomic E-state index is 0.0721. The fourth-order valence-electron chi connectivity index (χ4n) is 1.64. The molecule has 0 spiro atoms. The Kier molecular flexibility index (Phi) is 3.50. The molecule has 0 aliphatic heterocycles. The zero-order chi connectivity index (χ0) is 12.1. The molecule has 3 heteroatoms. The van der Waals surface area contributed by atoms with Crippen LogP contribution in [0.2, 0.25) is 0 Å². The third-order valence-corrected chi connectivity index (χ3v) is 2.54. The van der Waals surface area contributed by atoms with Crippen molar-refractivity contribution in [1.82, 2.24) is 4.98 Å². The van der Waals surface area contributed by atoms with E-state index in [9.17, 15) is 4.79 Å². The van der Waals surface area contributed by atoms with Gasteiger partial charge in [0.2, 0.25) is 0 Å². The smallest absolute Gasteiger partial charge is 0.161 e. The number of hydrogen-bond acceptors (Lipinski definition) is 3. The van der Waals surface area contributed by atoms with Gasteiger partial charge in [0.1, 0.15) is 0 Å². The SMILES string of the molecule is CC(=O)c1ccccc1NCc1ccncc1. The second kappa shape index (κ2) is 5.25. The molecular formula is C14H14N2O. The van der Waals surface area contributed by atoms with Crippen LogP contribution in [-0.4, -0.2) is 10.8 Å². The zero-order valence-electron chi connectivity index (χ0n) is 9.68. The summed E-state index contributed by atoms with van der Waals surface area (Å²) in [4.78, 5) is 15.4. The molecule has 0 unspecified atom stereocenters. The van der Waals surface area contributed by atoms with E-state index < -0.39 is 0 Å². The third kappa shape index (κ3) is 2.91. The molecule has 0 aliphatic carbocycles. The Bertz CT molecular complexity index is 509. The Balaban J connectivity index is 2.12. The average molecular weight is 226 g/mol. The number of anilines is 1. The van der Waals surface area contributed by atoms with Gasteiger partial charge in [-0.15, -0.1) is 0 Å². The highest BCUT2D eigenvalue weighted by Crippen LogP contribution is 2.16. The summed E-state index contributed by atoms with van der Waals surface area (Å²) in [5.41, 5.74) is 2.73. The molecule has 2 rings (SSSR count). The van der Waals surface area contributed by atoms with Crippen LogP contribution in [0.5, 0.6) is 0 Å². The van der Waals surface area contributed by atoms with Crippen molar-refractivity contribution < 1.29 is 4.79 Å². The Morgan fingerprint density at radius 2 is 1.88 bits per heavy atom. The van der Waals surface area contributed by atoms with E-state index >= 15 is 0 Å². The largest absolute Gasteiger partial charge is 0.380 e. The van der Waals surface area contributed by atoms with Crippen molar-refractivity contribution in [3.63, 3.8) is 0 Å². The van der Waals surface area contributed by atoms with Crippen molar-refractivity contribution in [1.29, 1.82) is 0 Å². The van der Waals surface area contributed by atoms with Crippen LogP contribution < -0.4 is 5.32 Å². The Morgan fingerprint density at radius 1 is 1.18 bits per heavy atom. The van der Waals surface area contributed by atoms with Crippen LogP contribution in [-0.2, 0) is 6.54 Å². The summed E-state index contributed by atoms with van der Waals surface area (Å²) in [5.74, 6) is 0.0721. The summed E-state index contributed by atoms with van der Waals surface area (Å²) in [5, 5.41) is 3.26. The van der Waals surface area contributed by atoms with Gasteiger partial charge in [-0.25, -0.2) is 0 Å². The van der Waals surface area contributed by atoms with Crippen LogP contribution in [0, 0.1) is 0 Å². The topological polar surface area (TPSA) is 42.0 Å². The number of Topliss-reactive ketones (excluding diaryl/α,β-unsaturated/α-hetero) is 1. The minimum Gasteiger partial charge on any atom is -0.380 e. The average Bonchev–Trinajstić information content (AvgIpc) is 2.38. The fraction of sp³-hybridized carbons (Fsp3) is 0.143. The number of nitrogens with one attached hydrogen (secondary N) is 1. The molecule has 17 heavy (non-hydrogen) atoms. The second-order valence-electron chi connectivity index (χ2n) is 3.81. The summed E-state index contributed by atoms with van der Waals surface area (Å²) in [6, 6.07) is 11.4. The number of carbonyl (C=O) groups excluding carboxylic acids is 1. The summed E-state index contributed by atoms with van der Waals surface area (Å²) < 4.78 is 0. The molecule has 2 aromatic rings. The van der Waals surface area contributed by atoms with Crippen molar-refractivity contribution in [2.24, 2.45) is 0 Å². The van der Waals surface area contributed by atoms with E-state index in [1.54, 1.807) is 19.3 Å². The number of carbonyl (C=O) groups is 1. The highest BCUT2D eigenvalue weighted by atomic mass is 16.1. The molecule has 0 atom stereocenters. The van der Waals surface area contributed by atoms with E-state index in [1.807, 2.05) is 36.4 Å². The lowest BCUT2D eigenvalue weighted by Gasteiger charge is -2.09. The highest BCUT2D eigenvalue weighted by Gasteiger charge is 2.05. The van der Waals surface area contributed by atoms with E-state index in [4.69, 9.17) is 0 Å². The van der Waals surface area contributed by atoms with Gasteiger partial charge in [-0.1, -0.05) is 12.1 Å². The molecule has 0 saturated heterocycles. The quantitative estimate of drug-likeness (QED) is 0.815. The maximum atomic E-state index is 11.4. The molecule has 0 radical (unpaired) electrons. The molecule has 1 N–H and O–H groups in total. The molecule has 1 heterocycles. The Morgan fingerprint density at radius 3 is 2.59 bits per heavy atom. The van der Waals surface area contributed by atoms with Crippen molar-refractivity contribution in [3.05, 3.63) is 59.9 Å². The molecule has 0 fully saturated rings. The molecule has 0 bridgehead atoms. The molecule has 0 amide bonds. The monoisotopic (exact) mass is 226 g/mol. The predicted octanol–water partition coefficient (Wildman–Crippen LogP) is 2.90. The molecular weight excluding hydrogens is 212 g/mol. The molecule has 3 nitrogen and oxygen atoms in total. The van der Waals surface area contributed by atoms with Crippen molar-refractivity contribution in [2.75, 3.05) is 5.32 Å². The lowest BCUT2D eigenvalue weighted by molar-refractivity contribution is 0.101. The van der Waals surface area contributed by atoms with Gasteiger partial charge in [0, 0.05) is 30.2 Å². The van der Waals surface area contributed by atoms with Gasteiger partial charge < -0.3 is 5.32 Å². The van der Waals surface area contributed by atoms with Crippen LogP contribution >= 0.6 is 0 Å². The summed E-state index contributed by atoms with van der Waals surface area (Å²) in [7, 11) is 0. The Hall–Kier alpha value is -2.16. The van der Waals surface area contributed by atoms with Gasteiger partial charge in [0.05, 0.1) is 0 Å². The standard InChI is InChI=1S/C14H14N2O/c1-11(17)13-4-2-3-5-14(13)16-10-12-6-8-15-9-7-12/h2-9,16H,10H2,1H3. The number of pyridine rings is 1. The van der Waals surface area contributed by atoms with Gasteiger partial charge in [-0.05, 0) is 36.8 Å². The number of ketones is 1. The van der Waals surface area contributed by atoms with Crippen LogP contribution in [0.4, 0.5) is 5.69 Å². The minimum atomic E-state index is 0.0721. The summed E-state index contributed by atoms with van der Waals surface area (Å²) in [6.07, 6.45) is 3.52. The first kappa shape index (κ1) is 11.3. The third-order valence-electron chi connectivity index (χ3n) is 2.54. The first-order chi connectivity index (χ1) is 8.27. The molecule has 0 saturated carbocycles. The van der Waals surface area contributed by atoms with Crippen LogP contribution in [0.3, 0.4) is 0 Å². The van der Waals surface area contributed by atoms with Gasteiger partial charge in [0.15, 0.2) is 5.78 Å². The van der Waals surface area contributed by atoms with Crippen LogP contribution in [0.25, 0.3) is 0 Å². The number of aromatic nitrogens is 1. The number of hydrogen-bond donors (Lipinski definition) is 1. The first-order valence-corrected chi connectivity index (χ1v) is 5.50. The molecule has 0 aliphatic rings. The first-order valence-electron chi connectivity index (χ1n) is 5.50. The normalized spacial score (nSPS) is 9.94. The lowest BCUT2D eigenvalue weighted by atomic mass is 10.1. The summed E-state index contributed by atoms with van der Waals surface area (Å²) >= 11 is 0. The molecule has 1 aromatic heterocycles. The molecule has 1 aromatic carbocycles. The van der Waals surface area contributed by atoms with Crippen molar-refractivity contribution in [2.45, 2.75) is 13.5 Å². The van der Waals surface area contributed by atoms with Gasteiger partial charge in [-0.2, -0.15) is 0 Å². The number of rotatable bonds is 4. The van der Waals surface area contributed by atoms with E-state index in [1.165, 1.54) is 0 Å². The van der Waals surface area contributed by atoms with Crippen molar-refractivity contribution >= 4 is 11.5 Å². The zero-order valence-corrected chi connectivity index (χ0v) is 9.68. The predicted molar refractivity (Wildman–Crippen MR) is 68.0 cm³/mol. The number of nitrogens with zero attached hydrogens (tertiary/aromatic N) is 1. The lowest BCUT2D eigenvalue weighted by Crippen LogP contribution is -2.04. The maximum Gasteiger partial charge on any atom is 0.161 e. The maximum absolute atomic E-state index is 11.4. The van der Waals surface area contributed by atoms with E-state index in [0.29, 0.717) is 6.54 Å². The van der Waals surface area contributed by atoms with E-state index in [2.05, 4.69) is 10.3 Å². The van der Waals surface area contributed by atoms with Crippen LogP contribution in [0.15, 0.2) is 48.8 Å². The Labute approximate surface area is 101 Å². The molecule has 86 valence electrons. The van der Waals surface area contributed by atoms with E-state index in [-0.39, 0.29) is 5.78 Å². The van der Waals surface area contributed by atoms with E-state index in [0.717, 1.165) is 16.8 Å². The second-order valence-corrected chi connectivity index (χ2v) is 3.81. The summed E-state index contributed by atoms with van der Waals surface area (Å²) in [6.45, 7) is 2.26. The number of para-hydroxylation sites is 1.